The largest absolute Gasteiger partial charge is 0.468 e. The first-order valence-electron chi connectivity index (χ1n) is 9.13. The molecule has 29 heavy (non-hydrogen) atoms. The minimum atomic E-state index is -0.617. The minimum Gasteiger partial charge on any atom is -0.468 e. The number of methoxy groups -OCH3 is 2. The Kier molecular flexibility index (Phi) is 7.36. The van der Waals surface area contributed by atoms with Crippen molar-refractivity contribution < 1.29 is 23.9 Å². The Morgan fingerprint density at radius 1 is 0.966 bits per heavy atom. The Hall–Kier alpha value is -3.35. The smallest absolute Gasteiger partial charge is 0.325 e. The van der Waals surface area contributed by atoms with E-state index < -0.39 is 17.8 Å². The van der Waals surface area contributed by atoms with E-state index in [0.29, 0.717) is 0 Å². The van der Waals surface area contributed by atoms with Gasteiger partial charge in [0.1, 0.15) is 13.1 Å². The number of aryl methyl sites for hydroxylation is 2. The summed E-state index contributed by atoms with van der Waals surface area (Å²) in [6.07, 6.45) is 3.02. The maximum absolute atomic E-state index is 12.5. The molecule has 2 aromatic rings. The number of hydrogen-bond acceptors (Lipinski definition) is 5. The number of hydrogen-bond donors (Lipinski definition) is 0. The van der Waals surface area contributed by atoms with E-state index in [4.69, 9.17) is 0 Å². The van der Waals surface area contributed by atoms with Gasteiger partial charge in [0.25, 0.3) is 0 Å². The molecule has 1 heterocycles. The molecule has 0 radical (unpaired) electrons. The van der Waals surface area contributed by atoms with Crippen molar-refractivity contribution in [3.8, 4) is 5.69 Å². The Labute approximate surface area is 170 Å². The summed E-state index contributed by atoms with van der Waals surface area (Å²) in [7, 11) is 2.44. The zero-order chi connectivity index (χ0) is 21.6. The second kappa shape index (κ2) is 9.73. The van der Waals surface area contributed by atoms with Crippen LogP contribution in [0.4, 0.5) is 0 Å². The Morgan fingerprint density at radius 2 is 1.52 bits per heavy atom. The average molecular weight is 398 g/mol. The van der Waals surface area contributed by atoms with Gasteiger partial charge < -0.3 is 18.9 Å². The lowest BCUT2D eigenvalue weighted by Crippen LogP contribution is -2.39. The van der Waals surface area contributed by atoms with Crippen LogP contribution in [0.15, 0.2) is 36.4 Å². The molecule has 1 aromatic carbocycles. The minimum absolute atomic E-state index is 0.336. The summed E-state index contributed by atoms with van der Waals surface area (Å²) in [5, 5.41) is 0. The van der Waals surface area contributed by atoms with Gasteiger partial charge in [-0.2, -0.15) is 0 Å². The van der Waals surface area contributed by atoms with E-state index in [2.05, 4.69) is 14.0 Å². The zero-order valence-electron chi connectivity index (χ0n) is 17.4. The Morgan fingerprint density at radius 3 is 2.03 bits per heavy atom. The average Bonchev–Trinajstić information content (AvgIpc) is 2.99. The standard InChI is InChI=1S/C22H26N2O5/c1-15-6-9-19(10-7-15)24-16(2)12-18(17(24)3)8-11-20(25)23(13-21(26)28-4)14-22(27)29-5/h6-12H,13-14H2,1-5H3/b11-8+. The highest BCUT2D eigenvalue weighted by Gasteiger charge is 2.19. The topological polar surface area (TPSA) is 77.8 Å². The molecule has 0 saturated carbocycles. The van der Waals surface area contributed by atoms with Crippen LogP contribution in [0.1, 0.15) is 22.5 Å². The van der Waals surface area contributed by atoms with E-state index in [1.165, 1.54) is 25.9 Å². The third kappa shape index (κ3) is 5.57. The lowest BCUT2D eigenvalue weighted by Gasteiger charge is -2.18. The van der Waals surface area contributed by atoms with Crippen molar-refractivity contribution in [3.63, 3.8) is 0 Å². The number of amides is 1. The molecule has 7 heteroatoms. The van der Waals surface area contributed by atoms with Gasteiger partial charge >= 0.3 is 11.9 Å². The van der Waals surface area contributed by atoms with Gasteiger partial charge in [0.05, 0.1) is 14.2 Å². The number of rotatable bonds is 7. The lowest BCUT2D eigenvalue weighted by atomic mass is 10.2. The number of aromatic nitrogens is 1. The fourth-order valence-corrected chi connectivity index (χ4v) is 2.97. The van der Waals surface area contributed by atoms with Crippen LogP contribution in [0.3, 0.4) is 0 Å². The van der Waals surface area contributed by atoms with Crippen molar-refractivity contribution in [2.75, 3.05) is 27.3 Å². The van der Waals surface area contributed by atoms with Crippen LogP contribution in [0.5, 0.6) is 0 Å². The van der Waals surface area contributed by atoms with E-state index in [9.17, 15) is 14.4 Å². The zero-order valence-corrected chi connectivity index (χ0v) is 17.4. The van der Waals surface area contributed by atoms with Crippen molar-refractivity contribution in [2.24, 2.45) is 0 Å². The summed E-state index contributed by atoms with van der Waals surface area (Å²) in [5.74, 6) is -1.72. The highest BCUT2D eigenvalue weighted by atomic mass is 16.5. The summed E-state index contributed by atoms with van der Waals surface area (Å²) in [6.45, 7) is 5.33. The molecule has 0 N–H and O–H groups in total. The van der Waals surface area contributed by atoms with E-state index >= 15 is 0 Å². The van der Waals surface area contributed by atoms with Gasteiger partial charge in [-0.1, -0.05) is 17.7 Å². The molecule has 0 bridgehead atoms. The molecule has 0 aliphatic heterocycles. The molecule has 0 fully saturated rings. The molecule has 1 amide bonds. The fraction of sp³-hybridized carbons (Fsp3) is 0.318. The molecule has 0 aliphatic rings. The third-order valence-corrected chi connectivity index (χ3v) is 4.57. The Bertz CT molecular complexity index is 907. The van der Waals surface area contributed by atoms with Crippen molar-refractivity contribution in [2.45, 2.75) is 20.8 Å². The van der Waals surface area contributed by atoms with Crippen LogP contribution >= 0.6 is 0 Å². The predicted molar refractivity (Wildman–Crippen MR) is 110 cm³/mol. The van der Waals surface area contributed by atoms with Gasteiger partial charge in [0, 0.05) is 23.2 Å². The third-order valence-electron chi connectivity index (χ3n) is 4.57. The summed E-state index contributed by atoms with van der Waals surface area (Å²) in [4.78, 5) is 36.7. The van der Waals surface area contributed by atoms with Crippen LogP contribution in [-0.2, 0) is 23.9 Å². The number of nitrogens with zero attached hydrogens (tertiary/aromatic N) is 2. The fourth-order valence-electron chi connectivity index (χ4n) is 2.97. The highest BCUT2D eigenvalue weighted by molar-refractivity contribution is 5.95. The molecule has 0 aliphatic carbocycles. The predicted octanol–water partition coefficient (Wildman–Crippen LogP) is 2.59. The summed E-state index contributed by atoms with van der Waals surface area (Å²) >= 11 is 0. The summed E-state index contributed by atoms with van der Waals surface area (Å²) in [5.41, 5.74) is 5.09. The normalized spacial score (nSPS) is 10.8. The van der Waals surface area contributed by atoms with Gasteiger partial charge in [-0.05, 0) is 50.6 Å². The molecule has 2 rings (SSSR count). The van der Waals surface area contributed by atoms with Gasteiger partial charge in [-0.3, -0.25) is 14.4 Å². The van der Waals surface area contributed by atoms with E-state index in [0.717, 1.165) is 27.5 Å². The number of ether oxygens (including phenoxy) is 2. The van der Waals surface area contributed by atoms with Gasteiger partial charge in [-0.25, -0.2) is 0 Å². The van der Waals surface area contributed by atoms with Crippen molar-refractivity contribution in [1.82, 2.24) is 9.47 Å². The van der Waals surface area contributed by atoms with Gasteiger partial charge in [0.15, 0.2) is 0 Å². The van der Waals surface area contributed by atoms with Gasteiger partial charge in [0.2, 0.25) is 5.91 Å². The first kappa shape index (κ1) is 21.9. The van der Waals surface area contributed by atoms with Crippen LogP contribution in [-0.4, -0.2) is 54.6 Å². The quantitative estimate of drug-likeness (QED) is 0.529. The number of carbonyl (C=O) groups excluding carboxylic acids is 3. The van der Waals surface area contributed by atoms with Crippen molar-refractivity contribution in [1.29, 1.82) is 0 Å². The maximum Gasteiger partial charge on any atom is 0.325 e. The maximum atomic E-state index is 12.5. The monoisotopic (exact) mass is 398 g/mol. The second-order valence-corrected chi connectivity index (χ2v) is 6.68. The highest BCUT2D eigenvalue weighted by Crippen LogP contribution is 2.22. The second-order valence-electron chi connectivity index (χ2n) is 6.68. The Balaban J connectivity index is 2.25. The number of carbonyl (C=O) groups is 3. The SMILES string of the molecule is COC(=O)CN(CC(=O)OC)C(=O)/C=C/c1cc(C)n(-c2ccc(C)cc2)c1C. The molecule has 154 valence electrons. The van der Waals surface area contributed by atoms with Crippen molar-refractivity contribution >= 4 is 23.9 Å². The lowest BCUT2D eigenvalue weighted by molar-refractivity contribution is -0.150. The van der Waals surface area contributed by atoms with Crippen LogP contribution < -0.4 is 0 Å². The number of esters is 2. The molecular weight excluding hydrogens is 372 g/mol. The molecule has 0 spiro atoms. The van der Waals surface area contributed by atoms with E-state index in [1.807, 2.05) is 51.1 Å². The molecule has 1 aromatic heterocycles. The molecule has 0 unspecified atom stereocenters. The van der Waals surface area contributed by atoms with Crippen LogP contribution in [0.2, 0.25) is 0 Å². The first-order valence-corrected chi connectivity index (χ1v) is 9.13. The van der Waals surface area contributed by atoms with E-state index in [1.54, 1.807) is 6.08 Å². The van der Waals surface area contributed by atoms with Crippen molar-refractivity contribution in [3.05, 3.63) is 58.9 Å². The summed E-state index contributed by atoms with van der Waals surface area (Å²) < 4.78 is 11.3. The van der Waals surface area contributed by atoms with Crippen LogP contribution in [0.25, 0.3) is 11.8 Å². The first-order chi connectivity index (χ1) is 13.8. The molecular formula is C22H26N2O5. The van der Waals surface area contributed by atoms with Gasteiger partial charge in [-0.15, -0.1) is 0 Å². The molecule has 0 atom stereocenters. The van der Waals surface area contributed by atoms with E-state index in [-0.39, 0.29) is 13.1 Å². The molecule has 7 nitrogen and oxygen atoms in total. The summed E-state index contributed by atoms with van der Waals surface area (Å²) in [6, 6.07) is 10.2. The number of benzene rings is 1. The molecule has 0 saturated heterocycles. The van der Waals surface area contributed by atoms with Crippen LogP contribution in [0, 0.1) is 20.8 Å².